The highest BCUT2D eigenvalue weighted by molar-refractivity contribution is 7.11. The first-order chi connectivity index (χ1) is 10.1. The molecular weight excluding hydrogens is 282 g/mol. The molecule has 0 saturated heterocycles. The number of thiazole rings is 1. The van der Waals surface area contributed by atoms with Crippen LogP contribution < -0.4 is 10.6 Å². The number of likely N-dealkylation sites (N-methyl/N-ethyl adjacent to an activating group) is 1. The molecule has 1 aromatic heterocycles. The van der Waals surface area contributed by atoms with E-state index in [4.69, 9.17) is 0 Å². The fourth-order valence-electron chi connectivity index (χ4n) is 1.90. The van der Waals surface area contributed by atoms with Crippen molar-refractivity contribution in [2.24, 2.45) is 4.99 Å². The molecule has 0 aromatic carbocycles. The summed E-state index contributed by atoms with van der Waals surface area (Å²) in [5.41, 5.74) is 1.12. The van der Waals surface area contributed by atoms with Crippen molar-refractivity contribution in [3.05, 3.63) is 15.6 Å². The summed E-state index contributed by atoms with van der Waals surface area (Å²) in [7, 11) is 3.96. The highest BCUT2D eigenvalue weighted by Crippen LogP contribution is 2.15. The molecule has 21 heavy (non-hydrogen) atoms. The third-order valence-electron chi connectivity index (χ3n) is 3.38. The molecule has 0 saturated carbocycles. The smallest absolute Gasteiger partial charge is 0.191 e. The number of nitrogens with zero attached hydrogens (tertiary/aromatic N) is 3. The van der Waals surface area contributed by atoms with Crippen LogP contribution in [0.15, 0.2) is 4.99 Å². The van der Waals surface area contributed by atoms with Crippen molar-refractivity contribution in [3.63, 3.8) is 0 Å². The lowest BCUT2D eigenvalue weighted by Gasteiger charge is -2.17. The van der Waals surface area contributed by atoms with Crippen molar-refractivity contribution in [1.82, 2.24) is 20.5 Å². The third kappa shape index (κ3) is 6.91. The number of guanidine groups is 1. The maximum absolute atomic E-state index is 4.52. The standard InChI is InChI=1S/C15H29N5S/c1-6-7-9-20(5)10-8-17-15(16-4)18-11-14-19-12(2)13(3)21-14/h6-11H2,1-5H3,(H2,16,17,18). The zero-order valence-electron chi connectivity index (χ0n) is 14.0. The molecule has 120 valence electrons. The number of nitrogens with one attached hydrogen (secondary N) is 2. The van der Waals surface area contributed by atoms with Gasteiger partial charge in [0.05, 0.1) is 12.2 Å². The Hall–Kier alpha value is -1.14. The summed E-state index contributed by atoms with van der Waals surface area (Å²) < 4.78 is 0. The van der Waals surface area contributed by atoms with Crippen molar-refractivity contribution in [2.75, 3.05) is 33.7 Å². The van der Waals surface area contributed by atoms with Gasteiger partial charge >= 0.3 is 0 Å². The SMILES string of the molecule is CCCCN(C)CCNC(=NC)NCc1nc(C)c(C)s1. The van der Waals surface area contributed by atoms with Gasteiger partial charge in [-0.25, -0.2) is 4.98 Å². The first-order valence-electron chi connectivity index (χ1n) is 7.62. The summed E-state index contributed by atoms with van der Waals surface area (Å²) >= 11 is 1.74. The Morgan fingerprint density at radius 3 is 2.62 bits per heavy atom. The Labute approximate surface area is 132 Å². The summed E-state index contributed by atoms with van der Waals surface area (Å²) in [6.07, 6.45) is 2.50. The number of aliphatic imine (C=N–C) groups is 1. The molecule has 0 fully saturated rings. The lowest BCUT2D eigenvalue weighted by Crippen LogP contribution is -2.40. The van der Waals surface area contributed by atoms with E-state index >= 15 is 0 Å². The molecular formula is C15H29N5S. The van der Waals surface area contributed by atoms with Crippen LogP contribution in [-0.2, 0) is 6.54 Å². The Morgan fingerprint density at radius 1 is 1.29 bits per heavy atom. The van der Waals surface area contributed by atoms with E-state index in [1.54, 1.807) is 18.4 Å². The van der Waals surface area contributed by atoms with Crippen LogP contribution in [0.25, 0.3) is 0 Å². The fourth-order valence-corrected chi connectivity index (χ4v) is 2.77. The number of aryl methyl sites for hydroxylation is 2. The highest BCUT2D eigenvalue weighted by atomic mass is 32.1. The molecule has 0 aliphatic heterocycles. The molecule has 0 radical (unpaired) electrons. The minimum atomic E-state index is 0.727. The van der Waals surface area contributed by atoms with Gasteiger partial charge in [-0.15, -0.1) is 11.3 Å². The normalized spacial score (nSPS) is 12.0. The summed E-state index contributed by atoms with van der Waals surface area (Å²) in [6.45, 7) is 10.2. The van der Waals surface area contributed by atoms with Crippen LogP contribution >= 0.6 is 11.3 Å². The van der Waals surface area contributed by atoms with Crippen LogP contribution in [0.1, 0.15) is 35.3 Å². The second-order valence-electron chi connectivity index (χ2n) is 5.26. The van der Waals surface area contributed by atoms with Gasteiger partial charge in [-0.05, 0) is 33.9 Å². The van der Waals surface area contributed by atoms with E-state index in [1.165, 1.54) is 17.7 Å². The maximum atomic E-state index is 4.52. The summed E-state index contributed by atoms with van der Waals surface area (Å²) in [6, 6.07) is 0. The highest BCUT2D eigenvalue weighted by Gasteiger charge is 2.05. The monoisotopic (exact) mass is 311 g/mol. The number of aromatic nitrogens is 1. The number of unbranched alkanes of at least 4 members (excludes halogenated alkanes) is 1. The Morgan fingerprint density at radius 2 is 2.05 bits per heavy atom. The van der Waals surface area contributed by atoms with E-state index in [0.717, 1.165) is 42.8 Å². The van der Waals surface area contributed by atoms with Crippen LogP contribution in [0.5, 0.6) is 0 Å². The van der Waals surface area contributed by atoms with Crippen LogP contribution in [0, 0.1) is 13.8 Å². The maximum Gasteiger partial charge on any atom is 0.191 e. The lowest BCUT2D eigenvalue weighted by atomic mass is 10.3. The van der Waals surface area contributed by atoms with Gasteiger partial charge in [-0.2, -0.15) is 0 Å². The topological polar surface area (TPSA) is 52.5 Å². The number of hydrogen-bond donors (Lipinski definition) is 2. The molecule has 0 spiro atoms. The molecule has 1 aromatic rings. The average Bonchev–Trinajstić information content (AvgIpc) is 2.79. The number of rotatable bonds is 8. The predicted octanol–water partition coefficient (Wildman–Crippen LogP) is 2.16. The largest absolute Gasteiger partial charge is 0.355 e. The molecule has 0 aliphatic carbocycles. The van der Waals surface area contributed by atoms with Crippen LogP contribution in [0.3, 0.4) is 0 Å². The second kappa shape index (κ2) is 9.73. The molecule has 0 aliphatic rings. The molecule has 0 bridgehead atoms. The second-order valence-corrected chi connectivity index (χ2v) is 6.55. The van der Waals surface area contributed by atoms with Crippen molar-refractivity contribution in [1.29, 1.82) is 0 Å². The van der Waals surface area contributed by atoms with Crippen molar-refractivity contribution in [3.8, 4) is 0 Å². The Bertz CT molecular complexity index is 422. The van der Waals surface area contributed by atoms with E-state index in [0.29, 0.717) is 0 Å². The zero-order valence-corrected chi connectivity index (χ0v) is 14.8. The average molecular weight is 311 g/mol. The predicted molar refractivity (Wildman–Crippen MR) is 92.2 cm³/mol. The van der Waals surface area contributed by atoms with Gasteiger partial charge < -0.3 is 15.5 Å². The van der Waals surface area contributed by atoms with Gasteiger partial charge in [0.25, 0.3) is 0 Å². The van der Waals surface area contributed by atoms with Crippen LogP contribution in [0.2, 0.25) is 0 Å². The quantitative estimate of drug-likeness (QED) is 0.570. The van der Waals surface area contributed by atoms with Gasteiger partial charge in [-0.3, -0.25) is 4.99 Å². The Kier molecular flexibility index (Phi) is 8.30. The van der Waals surface area contributed by atoms with E-state index in [-0.39, 0.29) is 0 Å². The molecule has 2 N–H and O–H groups in total. The molecule has 1 rings (SSSR count). The van der Waals surface area contributed by atoms with E-state index < -0.39 is 0 Å². The van der Waals surface area contributed by atoms with Crippen LogP contribution in [0.4, 0.5) is 0 Å². The molecule has 0 unspecified atom stereocenters. The summed E-state index contributed by atoms with van der Waals surface area (Å²) in [5.74, 6) is 0.837. The molecule has 6 heteroatoms. The lowest BCUT2D eigenvalue weighted by molar-refractivity contribution is 0.332. The van der Waals surface area contributed by atoms with Crippen molar-refractivity contribution < 1.29 is 0 Å². The Balaban J connectivity index is 2.26. The zero-order chi connectivity index (χ0) is 15.7. The fraction of sp³-hybridized carbons (Fsp3) is 0.733. The van der Waals surface area contributed by atoms with Gasteiger partial charge in [0, 0.05) is 25.0 Å². The van der Waals surface area contributed by atoms with Crippen molar-refractivity contribution in [2.45, 2.75) is 40.2 Å². The first kappa shape index (κ1) is 17.9. The van der Waals surface area contributed by atoms with Crippen LogP contribution in [-0.4, -0.2) is 49.6 Å². The van der Waals surface area contributed by atoms with Crippen molar-refractivity contribution >= 4 is 17.3 Å². The summed E-state index contributed by atoms with van der Waals surface area (Å²) in [4.78, 5) is 12.4. The molecule has 0 atom stereocenters. The number of hydrogen-bond acceptors (Lipinski definition) is 4. The van der Waals surface area contributed by atoms with E-state index in [9.17, 15) is 0 Å². The minimum absolute atomic E-state index is 0.727. The van der Waals surface area contributed by atoms with E-state index in [2.05, 4.69) is 53.3 Å². The van der Waals surface area contributed by atoms with E-state index in [1.807, 2.05) is 0 Å². The molecule has 0 amide bonds. The summed E-state index contributed by atoms with van der Waals surface area (Å²) in [5, 5.41) is 7.76. The minimum Gasteiger partial charge on any atom is -0.355 e. The van der Waals surface area contributed by atoms with Gasteiger partial charge in [0.1, 0.15) is 5.01 Å². The van der Waals surface area contributed by atoms with Gasteiger partial charge in [0.15, 0.2) is 5.96 Å². The third-order valence-corrected chi connectivity index (χ3v) is 4.46. The molecule has 5 nitrogen and oxygen atoms in total. The van der Waals surface area contributed by atoms with Gasteiger partial charge in [-0.1, -0.05) is 13.3 Å². The molecule has 1 heterocycles. The first-order valence-corrected chi connectivity index (χ1v) is 8.44. The van der Waals surface area contributed by atoms with Gasteiger partial charge in [0.2, 0.25) is 0 Å².